The number of unbranched alkanes of at least 4 members (excludes halogenated alkanes) is 1. The van der Waals surface area contributed by atoms with Crippen LogP contribution in [-0.4, -0.2) is 23.3 Å². The van der Waals surface area contributed by atoms with E-state index in [1.54, 1.807) is 0 Å². The Morgan fingerprint density at radius 1 is 1.20 bits per heavy atom. The molecule has 0 saturated carbocycles. The van der Waals surface area contributed by atoms with Crippen molar-refractivity contribution in [1.82, 2.24) is 10.5 Å². The van der Waals surface area contributed by atoms with Gasteiger partial charge < -0.3 is 4.74 Å². The summed E-state index contributed by atoms with van der Waals surface area (Å²) in [5, 5.41) is 0.671. The zero-order valence-corrected chi connectivity index (χ0v) is 20.0. The van der Waals surface area contributed by atoms with Crippen molar-refractivity contribution in [2.45, 2.75) is 52.1 Å². The highest BCUT2D eigenvalue weighted by Crippen LogP contribution is 2.34. The van der Waals surface area contributed by atoms with E-state index >= 15 is 0 Å². The Hall–Kier alpha value is -3.24. The summed E-state index contributed by atoms with van der Waals surface area (Å²) in [6.07, 6.45) is -1.89. The number of amidine groups is 1. The number of aromatic nitrogens is 1. The number of nitrogens with one attached hydrogen (secondary N) is 1. The van der Waals surface area contributed by atoms with Gasteiger partial charge in [-0.2, -0.15) is 13.2 Å². The number of hydrogen-bond acceptors (Lipinski definition) is 7. The van der Waals surface area contributed by atoms with E-state index in [-0.39, 0.29) is 0 Å². The zero-order valence-electron chi connectivity index (χ0n) is 19.2. The van der Waals surface area contributed by atoms with E-state index in [2.05, 4.69) is 17.4 Å². The van der Waals surface area contributed by atoms with Crippen molar-refractivity contribution in [3.8, 4) is 16.3 Å². The maximum absolute atomic E-state index is 12.9. The van der Waals surface area contributed by atoms with E-state index in [4.69, 9.17) is 14.6 Å². The maximum Gasteiger partial charge on any atom is 0.416 e. The number of thiazole rings is 1. The number of aliphatic imine (C=N–C) groups is 1. The van der Waals surface area contributed by atoms with Gasteiger partial charge >= 0.3 is 6.18 Å². The molecule has 1 aromatic heterocycles. The Labute approximate surface area is 204 Å². The van der Waals surface area contributed by atoms with Crippen LogP contribution in [0.1, 0.15) is 47.0 Å². The highest BCUT2D eigenvalue weighted by atomic mass is 32.1. The molecule has 10 heteroatoms. The average molecular weight is 504 g/mol. The largest absolute Gasteiger partial charge is 0.488 e. The minimum atomic E-state index is -4.37. The number of nitrogens with zero attached hydrogens (tertiary/aromatic N) is 2. The maximum atomic E-state index is 12.9. The third-order valence-corrected chi connectivity index (χ3v) is 6.60. The molecule has 6 nitrogen and oxygen atoms in total. The summed E-state index contributed by atoms with van der Waals surface area (Å²) in [4.78, 5) is 25.7. The minimum absolute atomic E-state index is 0.297. The number of aldehydes is 1. The third-order valence-electron chi connectivity index (χ3n) is 5.48. The third kappa shape index (κ3) is 5.88. The van der Waals surface area contributed by atoms with Gasteiger partial charge in [0.05, 0.1) is 16.1 Å². The van der Waals surface area contributed by atoms with Crippen LogP contribution in [0.4, 0.5) is 13.2 Å². The molecule has 2 aromatic carbocycles. The number of hydrogen-bond donors (Lipinski definition) is 1. The Balaban J connectivity index is 1.51. The second-order valence-electron chi connectivity index (χ2n) is 8.06. The summed E-state index contributed by atoms with van der Waals surface area (Å²) in [6.45, 7) is 4.30. The molecule has 1 unspecified atom stereocenters. The van der Waals surface area contributed by atoms with Crippen LogP contribution in [0.15, 0.2) is 47.5 Å². The first-order chi connectivity index (χ1) is 16.8. The van der Waals surface area contributed by atoms with E-state index in [0.717, 1.165) is 53.1 Å². The Bertz CT molecular complexity index is 1220. The highest BCUT2D eigenvalue weighted by molar-refractivity contribution is 7.15. The van der Waals surface area contributed by atoms with Gasteiger partial charge in [-0.1, -0.05) is 25.5 Å². The van der Waals surface area contributed by atoms with Crippen LogP contribution >= 0.6 is 11.3 Å². The Kier molecular flexibility index (Phi) is 7.51. The van der Waals surface area contributed by atoms with E-state index in [1.807, 2.05) is 25.1 Å². The van der Waals surface area contributed by atoms with Gasteiger partial charge in [0.15, 0.2) is 12.1 Å². The number of halogens is 3. The molecule has 1 atom stereocenters. The van der Waals surface area contributed by atoms with Gasteiger partial charge in [-0.05, 0) is 55.7 Å². The average Bonchev–Trinajstić information content (AvgIpc) is 3.48. The lowest BCUT2D eigenvalue weighted by Crippen LogP contribution is -2.20. The predicted molar refractivity (Wildman–Crippen MR) is 127 cm³/mol. The molecule has 0 fully saturated rings. The number of ether oxygens (including phenoxy) is 1. The first-order valence-corrected chi connectivity index (χ1v) is 11.9. The zero-order chi connectivity index (χ0) is 25.0. The molecule has 0 aliphatic carbocycles. The molecular weight excluding hydrogens is 479 g/mol. The first kappa shape index (κ1) is 24.9. The summed E-state index contributed by atoms with van der Waals surface area (Å²) in [6, 6.07) is 10.6. The molecule has 1 aliphatic heterocycles. The van der Waals surface area contributed by atoms with Crippen molar-refractivity contribution >= 4 is 23.5 Å². The molecule has 0 amide bonds. The van der Waals surface area contributed by atoms with Crippen molar-refractivity contribution < 1.29 is 27.5 Å². The van der Waals surface area contributed by atoms with Crippen molar-refractivity contribution in [1.29, 1.82) is 0 Å². The monoisotopic (exact) mass is 503 g/mol. The summed E-state index contributed by atoms with van der Waals surface area (Å²) < 4.78 is 44.8. The summed E-state index contributed by atoms with van der Waals surface area (Å²) in [5.74, 6) is 1.14. The smallest absolute Gasteiger partial charge is 0.416 e. The molecule has 4 rings (SSSR count). The van der Waals surface area contributed by atoms with Gasteiger partial charge in [0, 0.05) is 11.1 Å². The van der Waals surface area contributed by atoms with Crippen LogP contribution in [0.3, 0.4) is 0 Å². The lowest BCUT2D eigenvalue weighted by Gasteiger charge is -2.10. The van der Waals surface area contributed by atoms with Crippen LogP contribution in [0.25, 0.3) is 10.6 Å². The molecule has 0 bridgehead atoms. The molecule has 3 aromatic rings. The fraction of sp³-hybridized carbons (Fsp3) is 0.320. The van der Waals surface area contributed by atoms with Crippen LogP contribution in [0.5, 0.6) is 5.75 Å². The molecule has 0 saturated heterocycles. The normalized spacial score (nSPS) is 15.6. The second kappa shape index (κ2) is 10.6. The first-order valence-electron chi connectivity index (χ1n) is 11.1. The van der Waals surface area contributed by atoms with Crippen LogP contribution in [-0.2, 0) is 28.8 Å². The van der Waals surface area contributed by atoms with Gasteiger partial charge in [0.2, 0.25) is 6.23 Å². The fourth-order valence-corrected chi connectivity index (χ4v) is 4.61. The lowest BCUT2D eigenvalue weighted by molar-refractivity contribution is -0.137. The quantitative estimate of drug-likeness (QED) is 0.370. The molecular formula is C25H24F3N3O3S. The van der Waals surface area contributed by atoms with E-state index in [1.165, 1.54) is 23.5 Å². The fourth-order valence-electron chi connectivity index (χ4n) is 3.58. The summed E-state index contributed by atoms with van der Waals surface area (Å²) >= 11 is 1.43. The van der Waals surface area contributed by atoms with Gasteiger partial charge in [-0.25, -0.2) is 20.3 Å². The number of carbonyl (C=O) groups excluding carboxylic acids is 1. The highest BCUT2D eigenvalue weighted by Gasteiger charge is 2.30. The van der Waals surface area contributed by atoms with E-state index in [0.29, 0.717) is 35.0 Å². The number of alkyl halides is 3. The summed E-state index contributed by atoms with van der Waals surface area (Å²) in [7, 11) is 0. The summed E-state index contributed by atoms with van der Waals surface area (Å²) in [5.41, 5.74) is 5.22. The Morgan fingerprint density at radius 3 is 2.60 bits per heavy atom. The van der Waals surface area contributed by atoms with E-state index in [9.17, 15) is 18.0 Å². The molecule has 1 N–H and O–H groups in total. The number of rotatable bonds is 9. The van der Waals surface area contributed by atoms with Crippen molar-refractivity contribution in [3.05, 3.63) is 69.7 Å². The van der Waals surface area contributed by atoms with Crippen molar-refractivity contribution in [2.24, 2.45) is 4.99 Å². The predicted octanol–water partition coefficient (Wildman–Crippen LogP) is 5.87. The number of hydroxylamine groups is 1. The number of aryl methyl sites for hydroxylation is 2. The molecule has 35 heavy (non-hydrogen) atoms. The molecule has 184 valence electrons. The molecule has 1 aliphatic rings. The second-order valence-corrected chi connectivity index (χ2v) is 9.14. The van der Waals surface area contributed by atoms with Crippen LogP contribution in [0, 0.1) is 6.92 Å². The lowest BCUT2D eigenvalue weighted by atomic mass is 10.1. The standard InChI is InChI=1S/C25H24F3N3O3S/c1-3-4-5-20-21(35-24(29-20)16-6-8-17(9-7-16)25(26,27)28)14-33-18-10-11-19(15(2)12-18)23-30-22(13-32)34-31-23/h6-13,22H,3-5,14H2,1-2H3,(H,30,31). The number of benzene rings is 2. The van der Waals surface area contributed by atoms with Crippen molar-refractivity contribution in [3.63, 3.8) is 0 Å². The van der Waals surface area contributed by atoms with Crippen LogP contribution in [0.2, 0.25) is 0 Å². The minimum Gasteiger partial charge on any atom is -0.488 e. The molecule has 0 spiro atoms. The van der Waals surface area contributed by atoms with Gasteiger partial charge in [0.25, 0.3) is 0 Å². The molecule has 2 heterocycles. The van der Waals surface area contributed by atoms with Crippen molar-refractivity contribution in [2.75, 3.05) is 0 Å². The molecule has 0 radical (unpaired) electrons. The van der Waals surface area contributed by atoms with Gasteiger partial charge in [-0.3, -0.25) is 4.79 Å². The topological polar surface area (TPSA) is 72.8 Å². The Morgan fingerprint density at radius 2 is 1.97 bits per heavy atom. The van der Waals surface area contributed by atoms with Gasteiger partial charge in [-0.15, -0.1) is 11.3 Å². The van der Waals surface area contributed by atoms with Crippen LogP contribution < -0.4 is 10.2 Å². The SMILES string of the molecule is CCCCc1nc(-c2ccc(C(F)(F)F)cc2)sc1COc1ccc(C2=NC(C=O)ON2)c(C)c1. The van der Waals surface area contributed by atoms with E-state index < -0.39 is 18.0 Å². The number of carbonyl (C=O) groups is 1. The van der Waals surface area contributed by atoms with Gasteiger partial charge in [0.1, 0.15) is 17.4 Å².